The van der Waals surface area contributed by atoms with E-state index in [4.69, 9.17) is 0 Å². The second kappa shape index (κ2) is 7.66. The number of aliphatic hydroxyl groups is 1. The molecule has 0 fully saturated rings. The normalized spacial score (nSPS) is 16.8. The molecule has 1 aromatic carbocycles. The lowest BCUT2D eigenvalue weighted by molar-refractivity contribution is -0.134. The number of alkyl halides is 3. The molecule has 2 atom stereocenters. The number of rotatable bonds is 8. The quantitative estimate of drug-likeness (QED) is 0.774. The fourth-order valence-electron chi connectivity index (χ4n) is 2.49. The Morgan fingerprint density at radius 2 is 1.74 bits per heavy atom. The SMILES string of the molecule is CCCCC(CC(F)(F)F)S(=O)(=O)CC(C)(O)c1ccccc1. The van der Waals surface area contributed by atoms with Crippen LogP contribution in [0.5, 0.6) is 0 Å². The van der Waals surface area contributed by atoms with Crippen LogP contribution in [0.2, 0.25) is 0 Å². The van der Waals surface area contributed by atoms with Crippen LogP contribution < -0.4 is 0 Å². The lowest BCUT2D eigenvalue weighted by Crippen LogP contribution is -2.38. The zero-order valence-corrected chi connectivity index (χ0v) is 14.1. The van der Waals surface area contributed by atoms with Crippen LogP contribution in [0.3, 0.4) is 0 Å². The van der Waals surface area contributed by atoms with Crippen LogP contribution in [0, 0.1) is 0 Å². The molecule has 0 bridgehead atoms. The Kier molecular flexibility index (Phi) is 6.65. The summed E-state index contributed by atoms with van der Waals surface area (Å²) >= 11 is 0. The Labute approximate surface area is 135 Å². The third-order valence-electron chi connectivity index (χ3n) is 3.72. The van der Waals surface area contributed by atoms with E-state index in [0.717, 1.165) is 0 Å². The van der Waals surface area contributed by atoms with Gasteiger partial charge in [0.1, 0.15) is 5.60 Å². The van der Waals surface area contributed by atoms with Gasteiger partial charge in [0, 0.05) is 0 Å². The van der Waals surface area contributed by atoms with Crippen molar-refractivity contribution in [3.8, 4) is 0 Å². The smallest absolute Gasteiger partial charge is 0.384 e. The molecule has 0 amide bonds. The number of hydrogen-bond donors (Lipinski definition) is 1. The molecule has 23 heavy (non-hydrogen) atoms. The molecule has 0 heterocycles. The molecule has 1 aromatic rings. The first kappa shape index (κ1) is 20.0. The minimum absolute atomic E-state index is 0.0524. The third-order valence-corrected chi connectivity index (χ3v) is 6.11. The predicted molar refractivity (Wildman–Crippen MR) is 83.8 cm³/mol. The summed E-state index contributed by atoms with van der Waals surface area (Å²) in [6, 6.07) is 8.10. The van der Waals surface area contributed by atoms with E-state index in [1.807, 2.05) is 0 Å². The number of sulfone groups is 1. The van der Waals surface area contributed by atoms with Gasteiger partial charge >= 0.3 is 6.18 Å². The van der Waals surface area contributed by atoms with E-state index in [0.29, 0.717) is 18.4 Å². The van der Waals surface area contributed by atoms with E-state index in [9.17, 15) is 26.7 Å². The van der Waals surface area contributed by atoms with Gasteiger partial charge in [0.2, 0.25) is 0 Å². The zero-order valence-electron chi connectivity index (χ0n) is 13.3. The summed E-state index contributed by atoms with van der Waals surface area (Å²) in [7, 11) is -4.10. The summed E-state index contributed by atoms with van der Waals surface area (Å²) in [5, 5.41) is 8.92. The van der Waals surface area contributed by atoms with Crippen molar-refractivity contribution in [1.29, 1.82) is 0 Å². The van der Waals surface area contributed by atoms with Gasteiger partial charge in [0.05, 0.1) is 17.4 Å². The summed E-state index contributed by atoms with van der Waals surface area (Å²) in [6.07, 6.45) is -4.97. The van der Waals surface area contributed by atoms with E-state index in [2.05, 4.69) is 0 Å². The Balaban J connectivity index is 3.00. The fraction of sp³-hybridized carbons (Fsp3) is 0.625. The van der Waals surface area contributed by atoms with Crippen molar-refractivity contribution in [2.24, 2.45) is 0 Å². The molecule has 3 nitrogen and oxygen atoms in total. The molecular weight excluding hydrogens is 329 g/mol. The standard InChI is InChI=1S/C16H23F3O3S/c1-3-4-10-14(11-16(17,18)19)23(21,22)12-15(2,20)13-8-6-5-7-9-13/h5-9,14,20H,3-4,10-12H2,1-2H3. The Bertz CT molecular complexity index is 580. The van der Waals surface area contributed by atoms with Gasteiger partial charge < -0.3 is 5.11 Å². The van der Waals surface area contributed by atoms with Gasteiger partial charge in [-0.15, -0.1) is 0 Å². The lowest BCUT2D eigenvalue weighted by atomic mass is 9.99. The van der Waals surface area contributed by atoms with Gasteiger partial charge in [-0.3, -0.25) is 0 Å². The van der Waals surface area contributed by atoms with Crippen LogP contribution >= 0.6 is 0 Å². The lowest BCUT2D eigenvalue weighted by Gasteiger charge is -2.27. The summed E-state index contributed by atoms with van der Waals surface area (Å²) in [6.45, 7) is 3.10. The number of benzene rings is 1. The maximum absolute atomic E-state index is 12.7. The first-order valence-corrected chi connectivity index (χ1v) is 9.26. The molecule has 1 N–H and O–H groups in total. The summed E-state index contributed by atoms with van der Waals surface area (Å²) in [5.41, 5.74) is -1.36. The molecule has 0 aliphatic rings. The van der Waals surface area contributed by atoms with Gasteiger partial charge in [0.15, 0.2) is 9.84 Å². The molecule has 0 aliphatic carbocycles. The average molecular weight is 352 g/mol. The van der Waals surface area contributed by atoms with Crippen molar-refractivity contribution in [3.63, 3.8) is 0 Å². The number of halogens is 3. The number of hydrogen-bond acceptors (Lipinski definition) is 3. The van der Waals surface area contributed by atoms with Crippen LogP contribution in [0.25, 0.3) is 0 Å². The van der Waals surface area contributed by atoms with E-state index < -0.39 is 39.0 Å². The predicted octanol–water partition coefficient (Wildman–Crippen LogP) is 3.82. The van der Waals surface area contributed by atoms with Gasteiger partial charge in [-0.2, -0.15) is 13.2 Å². The van der Waals surface area contributed by atoms with Gasteiger partial charge in [0.25, 0.3) is 0 Å². The molecule has 0 saturated carbocycles. The highest BCUT2D eigenvalue weighted by atomic mass is 32.2. The Morgan fingerprint density at radius 1 is 1.17 bits per heavy atom. The average Bonchev–Trinajstić information content (AvgIpc) is 2.42. The van der Waals surface area contributed by atoms with Gasteiger partial charge in [-0.05, 0) is 18.9 Å². The Hall–Kier alpha value is -1.08. The van der Waals surface area contributed by atoms with E-state index in [-0.39, 0.29) is 6.42 Å². The van der Waals surface area contributed by atoms with Crippen LogP contribution in [0.4, 0.5) is 13.2 Å². The molecule has 0 aliphatic heterocycles. The number of unbranched alkanes of at least 4 members (excludes halogenated alkanes) is 1. The van der Waals surface area contributed by atoms with Gasteiger partial charge in [-0.25, -0.2) is 8.42 Å². The maximum Gasteiger partial charge on any atom is 0.390 e. The molecule has 2 unspecified atom stereocenters. The summed E-state index contributed by atoms with van der Waals surface area (Å²) in [5.74, 6) is -0.728. The van der Waals surface area contributed by atoms with Crippen molar-refractivity contribution >= 4 is 9.84 Å². The topological polar surface area (TPSA) is 54.4 Å². The maximum atomic E-state index is 12.7. The first-order valence-electron chi connectivity index (χ1n) is 7.54. The monoisotopic (exact) mass is 352 g/mol. The second-order valence-electron chi connectivity index (χ2n) is 6.03. The van der Waals surface area contributed by atoms with Gasteiger partial charge in [-0.1, -0.05) is 50.1 Å². The molecule has 0 aromatic heterocycles. The molecule has 0 spiro atoms. The molecule has 1 rings (SSSR count). The minimum Gasteiger partial charge on any atom is -0.384 e. The van der Waals surface area contributed by atoms with Crippen LogP contribution in [-0.2, 0) is 15.4 Å². The molecule has 0 radical (unpaired) electrons. The van der Waals surface area contributed by atoms with E-state index in [1.165, 1.54) is 6.92 Å². The summed E-state index contributed by atoms with van der Waals surface area (Å²) in [4.78, 5) is 0. The van der Waals surface area contributed by atoms with Crippen LogP contribution in [0.1, 0.15) is 45.1 Å². The largest absolute Gasteiger partial charge is 0.390 e. The highest BCUT2D eigenvalue weighted by Crippen LogP contribution is 2.31. The van der Waals surface area contributed by atoms with Crippen molar-refractivity contribution in [2.45, 2.75) is 56.6 Å². The van der Waals surface area contributed by atoms with Crippen molar-refractivity contribution in [3.05, 3.63) is 35.9 Å². The van der Waals surface area contributed by atoms with Crippen molar-refractivity contribution < 1.29 is 26.7 Å². The van der Waals surface area contributed by atoms with Crippen molar-refractivity contribution in [1.82, 2.24) is 0 Å². The highest BCUT2D eigenvalue weighted by Gasteiger charge is 2.41. The summed E-state index contributed by atoms with van der Waals surface area (Å²) < 4.78 is 63.0. The third kappa shape index (κ3) is 6.51. The highest BCUT2D eigenvalue weighted by molar-refractivity contribution is 7.92. The fourth-order valence-corrected chi connectivity index (χ4v) is 4.64. The molecular formula is C16H23F3O3S. The minimum atomic E-state index is -4.55. The van der Waals surface area contributed by atoms with Crippen LogP contribution in [0.15, 0.2) is 30.3 Å². The zero-order chi connectivity index (χ0) is 17.7. The first-order chi connectivity index (χ1) is 10.5. The second-order valence-corrected chi connectivity index (χ2v) is 8.31. The van der Waals surface area contributed by atoms with E-state index >= 15 is 0 Å². The molecule has 0 saturated heterocycles. The van der Waals surface area contributed by atoms with Crippen molar-refractivity contribution in [2.75, 3.05) is 5.75 Å². The van der Waals surface area contributed by atoms with E-state index in [1.54, 1.807) is 37.3 Å². The molecule has 132 valence electrons. The molecule has 7 heteroatoms. The Morgan fingerprint density at radius 3 is 2.22 bits per heavy atom. The van der Waals surface area contributed by atoms with Crippen LogP contribution in [-0.4, -0.2) is 30.7 Å².